The van der Waals surface area contributed by atoms with Gasteiger partial charge in [-0.05, 0) is 31.0 Å². The molecule has 0 bridgehead atoms. The van der Waals surface area contributed by atoms with Crippen LogP contribution in [0, 0.1) is 6.92 Å². The third-order valence-electron chi connectivity index (χ3n) is 3.61. The van der Waals surface area contributed by atoms with Crippen LogP contribution >= 0.6 is 0 Å². The number of amides is 1. The Hall–Kier alpha value is -2.95. The smallest absolute Gasteiger partial charge is 0.252 e. The van der Waals surface area contributed by atoms with Gasteiger partial charge in [0.15, 0.2) is 5.82 Å². The summed E-state index contributed by atoms with van der Waals surface area (Å²) in [7, 11) is 0. The molecule has 0 saturated carbocycles. The number of aryl methyl sites for hydroxylation is 1. The first-order valence-corrected chi connectivity index (χ1v) is 7.49. The van der Waals surface area contributed by atoms with Gasteiger partial charge in [0.1, 0.15) is 5.82 Å². The molecule has 1 aromatic heterocycles. The zero-order valence-corrected chi connectivity index (χ0v) is 13.1. The van der Waals surface area contributed by atoms with Crippen molar-refractivity contribution in [3.05, 3.63) is 71.8 Å². The van der Waals surface area contributed by atoms with Gasteiger partial charge in [-0.25, -0.2) is 4.98 Å². The summed E-state index contributed by atoms with van der Waals surface area (Å²) in [4.78, 5) is 16.9. The van der Waals surface area contributed by atoms with Crippen molar-refractivity contribution in [1.82, 2.24) is 20.5 Å². The number of rotatable bonds is 4. The van der Waals surface area contributed by atoms with E-state index in [1.807, 2.05) is 68.4 Å². The first-order valence-electron chi connectivity index (χ1n) is 7.49. The van der Waals surface area contributed by atoms with Crippen LogP contribution in [-0.2, 0) is 0 Å². The van der Waals surface area contributed by atoms with E-state index >= 15 is 0 Å². The Bertz CT molecular complexity index is 811. The van der Waals surface area contributed by atoms with Crippen molar-refractivity contribution in [3.8, 4) is 11.1 Å². The summed E-state index contributed by atoms with van der Waals surface area (Å²) in [6.45, 7) is 3.70. The van der Waals surface area contributed by atoms with E-state index in [0.717, 1.165) is 17.0 Å². The number of hydrogen-bond acceptors (Lipinski definition) is 3. The van der Waals surface area contributed by atoms with Gasteiger partial charge in [0.2, 0.25) is 0 Å². The van der Waals surface area contributed by atoms with Gasteiger partial charge in [0.05, 0.1) is 6.04 Å². The minimum absolute atomic E-state index is 0.139. The summed E-state index contributed by atoms with van der Waals surface area (Å²) in [6, 6.07) is 17.2. The number of benzene rings is 2. The Morgan fingerprint density at radius 2 is 1.78 bits per heavy atom. The van der Waals surface area contributed by atoms with Gasteiger partial charge in [-0.2, -0.15) is 5.10 Å². The molecule has 23 heavy (non-hydrogen) atoms. The van der Waals surface area contributed by atoms with E-state index in [2.05, 4.69) is 20.5 Å². The van der Waals surface area contributed by atoms with Gasteiger partial charge in [0.25, 0.3) is 5.91 Å². The Morgan fingerprint density at radius 1 is 1.09 bits per heavy atom. The van der Waals surface area contributed by atoms with Crippen LogP contribution in [0.4, 0.5) is 0 Å². The van der Waals surface area contributed by atoms with Crippen molar-refractivity contribution in [2.24, 2.45) is 0 Å². The summed E-state index contributed by atoms with van der Waals surface area (Å²) in [5, 5.41) is 9.83. The van der Waals surface area contributed by atoms with Crippen molar-refractivity contribution in [1.29, 1.82) is 0 Å². The largest absolute Gasteiger partial charge is 0.342 e. The maximum absolute atomic E-state index is 12.7. The van der Waals surface area contributed by atoms with Crippen LogP contribution in [0.15, 0.2) is 54.6 Å². The topological polar surface area (TPSA) is 70.7 Å². The molecule has 116 valence electrons. The first-order chi connectivity index (χ1) is 11.1. The Kier molecular flexibility index (Phi) is 4.19. The molecule has 1 atom stereocenters. The minimum Gasteiger partial charge on any atom is -0.342 e. The normalized spacial score (nSPS) is 11.9. The average molecular weight is 306 g/mol. The summed E-state index contributed by atoms with van der Waals surface area (Å²) in [6.07, 6.45) is 0. The van der Waals surface area contributed by atoms with Crippen LogP contribution < -0.4 is 5.32 Å². The second-order valence-corrected chi connectivity index (χ2v) is 5.39. The zero-order valence-electron chi connectivity index (χ0n) is 13.1. The SMILES string of the molecule is Cc1nc(C(C)NC(=O)c2ccccc2-c2ccccc2)n[nH]1. The van der Waals surface area contributed by atoms with Crippen molar-refractivity contribution in [2.45, 2.75) is 19.9 Å². The molecule has 2 N–H and O–H groups in total. The monoisotopic (exact) mass is 306 g/mol. The van der Waals surface area contributed by atoms with Crippen LogP contribution in [-0.4, -0.2) is 21.1 Å². The van der Waals surface area contributed by atoms with Gasteiger partial charge in [-0.3, -0.25) is 9.89 Å². The fourth-order valence-corrected chi connectivity index (χ4v) is 2.44. The second-order valence-electron chi connectivity index (χ2n) is 5.39. The number of carbonyl (C=O) groups is 1. The highest BCUT2D eigenvalue weighted by atomic mass is 16.1. The van der Waals surface area contributed by atoms with E-state index in [0.29, 0.717) is 11.4 Å². The van der Waals surface area contributed by atoms with Crippen molar-refractivity contribution in [2.75, 3.05) is 0 Å². The maximum Gasteiger partial charge on any atom is 0.252 e. The van der Waals surface area contributed by atoms with E-state index in [1.54, 1.807) is 0 Å². The average Bonchev–Trinajstić information content (AvgIpc) is 3.02. The lowest BCUT2D eigenvalue weighted by Gasteiger charge is -2.13. The van der Waals surface area contributed by atoms with E-state index in [9.17, 15) is 4.79 Å². The number of nitrogens with one attached hydrogen (secondary N) is 2. The van der Waals surface area contributed by atoms with Crippen LogP contribution in [0.2, 0.25) is 0 Å². The lowest BCUT2D eigenvalue weighted by molar-refractivity contribution is 0.0939. The summed E-state index contributed by atoms with van der Waals surface area (Å²) >= 11 is 0. The molecule has 1 amide bonds. The van der Waals surface area contributed by atoms with Gasteiger partial charge >= 0.3 is 0 Å². The van der Waals surface area contributed by atoms with E-state index in [-0.39, 0.29) is 11.9 Å². The molecule has 2 aromatic carbocycles. The molecule has 0 radical (unpaired) electrons. The molecule has 5 heteroatoms. The van der Waals surface area contributed by atoms with Crippen molar-refractivity contribution >= 4 is 5.91 Å². The molecular formula is C18H18N4O. The van der Waals surface area contributed by atoms with Crippen molar-refractivity contribution < 1.29 is 4.79 Å². The number of aromatic amines is 1. The van der Waals surface area contributed by atoms with Crippen LogP contribution in [0.3, 0.4) is 0 Å². The maximum atomic E-state index is 12.7. The molecule has 0 fully saturated rings. The Morgan fingerprint density at radius 3 is 2.48 bits per heavy atom. The molecule has 1 unspecified atom stereocenters. The predicted octanol–water partition coefficient (Wildman–Crippen LogP) is 3.27. The van der Waals surface area contributed by atoms with E-state index in [1.165, 1.54) is 0 Å². The van der Waals surface area contributed by atoms with Gasteiger partial charge in [0, 0.05) is 5.56 Å². The quantitative estimate of drug-likeness (QED) is 0.777. The fourth-order valence-electron chi connectivity index (χ4n) is 2.44. The highest BCUT2D eigenvalue weighted by molar-refractivity contribution is 6.01. The summed E-state index contributed by atoms with van der Waals surface area (Å²) in [5.41, 5.74) is 2.56. The van der Waals surface area contributed by atoms with Crippen LogP contribution in [0.5, 0.6) is 0 Å². The lowest BCUT2D eigenvalue weighted by Crippen LogP contribution is -2.27. The fraction of sp³-hybridized carbons (Fsp3) is 0.167. The second kappa shape index (κ2) is 6.44. The molecule has 0 aliphatic carbocycles. The molecule has 3 aromatic rings. The van der Waals surface area contributed by atoms with Gasteiger partial charge in [-0.1, -0.05) is 48.5 Å². The predicted molar refractivity (Wildman–Crippen MR) is 88.9 cm³/mol. The molecule has 0 spiro atoms. The molecule has 3 rings (SSSR count). The Labute approximate surface area is 134 Å². The highest BCUT2D eigenvalue weighted by Crippen LogP contribution is 2.23. The molecular weight excluding hydrogens is 288 g/mol. The first kappa shape index (κ1) is 15.0. The number of nitrogens with zero attached hydrogens (tertiary/aromatic N) is 2. The molecule has 5 nitrogen and oxygen atoms in total. The minimum atomic E-state index is -0.267. The number of aromatic nitrogens is 3. The van der Waals surface area contributed by atoms with Crippen molar-refractivity contribution in [3.63, 3.8) is 0 Å². The standard InChI is InChI=1S/C18H18N4O/c1-12(17-20-13(2)21-22-17)19-18(23)16-11-7-6-10-15(16)14-8-4-3-5-9-14/h3-12H,1-2H3,(H,19,23)(H,20,21,22). The third kappa shape index (κ3) is 3.29. The molecule has 0 aliphatic rings. The lowest BCUT2D eigenvalue weighted by atomic mass is 9.99. The van der Waals surface area contributed by atoms with Gasteiger partial charge < -0.3 is 5.32 Å². The molecule has 1 heterocycles. The van der Waals surface area contributed by atoms with Crippen LogP contribution in [0.25, 0.3) is 11.1 Å². The third-order valence-corrected chi connectivity index (χ3v) is 3.61. The Balaban J connectivity index is 1.86. The molecule has 0 saturated heterocycles. The number of hydrogen-bond donors (Lipinski definition) is 2. The van der Waals surface area contributed by atoms with Crippen LogP contribution in [0.1, 0.15) is 35.0 Å². The van der Waals surface area contributed by atoms with E-state index < -0.39 is 0 Å². The zero-order chi connectivity index (χ0) is 16.2. The number of carbonyl (C=O) groups excluding carboxylic acids is 1. The highest BCUT2D eigenvalue weighted by Gasteiger charge is 2.17. The summed E-state index contributed by atoms with van der Waals surface area (Å²) < 4.78 is 0. The van der Waals surface area contributed by atoms with E-state index in [4.69, 9.17) is 0 Å². The number of H-pyrrole nitrogens is 1. The molecule has 0 aliphatic heterocycles. The summed E-state index contributed by atoms with van der Waals surface area (Å²) in [5.74, 6) is 1.17. The van der Waals surface area contributed by atoms with Gasteiger partial charge in [-0.15, -0.1) is 0 Å².